The number of thiocarbonyl (C=S) groups is 1. The predicted octanol–water partition coefficient (Wildman–Crippen LogP) is 2.14. The van der Waals surface area contributed by atoms with Crippen LogP contribution in [0.5, 0.6) is 0 Å². The van der Waals surface area contributed by atoms with Crippen molar-refractivity contribution in [3.8, 4) is 0 Å². The smallest absolute Gasteiger partial charge is 0.233 e. The minimum Gasteiger partial charge on any atom is -0.392 e. The molecule has 2 aliphatic carbocycles. The molecular weight excluding hydrogens is 232 g/mol. The van der Waals surface area contributed by atoms with Crippen molar-refractivity contribution in [1.29, 1.82) is 0 Å². The summed E-state index contributed by atoms with van der Waals surface area (Å²) in [6, 6.07) is 0.341. The van der Waals surface area contributed by atoms with E-state index in [0.29, 0.717) is 16.9 Å². The van der Waals surface area contributed by atoms with Gasteiger partial charge in [0.15, 0.2) is 0 Å². The van der Waals surface area contributed by atoms with Crippen LogP contribution in [-0.2, 0) is 4.79 Å². The summed E-state index contributed by atoms with van der Waals surface area (Å²) in [7, 11) is 0. The Morgan fingerprint density at radius 2 is 2.06 bits per heavy atom. The maximum Gasteiger partial charge on any atom is 0.233 e. The van der Waals surface area contributed by atoms with Crippen molar-refractivity contribution in [2.45, 2.75) is 57.9 Å². The van der Waals surface area contributed by atoms with Gasteiger partial charge in [0, 0.05) is 6.04 Å². The number of rotatable bonds is 4. The molecule has 0 bridgehead atoms. The quantitative estimate of drug-likeness (QED) is 0.756. The summed E-state index contributed by atoms with van der Waals surface area (Å²) < 4.78 is 0. The maximum absolute atomic E-state index is 12.2. The normalized spacial score (nSPS) is 30.6. The Labute approximate surface area is 109 Å². The van der Waals surface area contributed by atoms with E-state index >= 15 is 0 Å². The van der Waals surface area contributed by atoms with Gasteiger partial charge in [0.2, 0.25) is 5.91 Å². The summed E-state index contributed by atoms with van der Waals surface area (Å²) >= 11 is 5.01. The van der Waals surface area contributed by atoms with Gasteiger partial charge in [0.25, 0.3) is 0 Å². The van der Waals surface area contributed by atoms with Crippen molar-refractivity contribution in [3.63, 3.8) is 0 Å². The first-order valence-electron chi connectivity index (χ1n) is 6.71. The lowest BCUT2D eigenvalue weighted by Crippen LogP contribution is -2.48. The molecular formula is C13H22N2OS. The van der Waals surface area contributed by atoms with E-state index in [-0.39, 0.29) is 5.91 Å². The van der Waals surface area contributed by atoms with Crippen molar-refractivity contribution in [3.05, 3.63) is 0 Å². The lowest BCUT2D eigenvalue weighted by Gasteiger charge is -2.32. The van der Waals surface area contributed by atoms with Crippen molar-refractivity contribution in [1.82, 2.24) is 5.32 Å². The molecule has 3 N–H and O–H groups in total. The molecule has 1 amide bonds. The summed E-state index contributed by atoms with van der Waals surface area (Å²) in [5.74, 6) is 0.713. The second-order valence-corrected chi connectivity index (χ2v) is 5.92. The van der Waals surface area contributed by atoms with Crippen LogP contribution < -0.4 is 11.1 Å². The molecule has 0 aromatic heterocycles. The van der Waals surface area contributed by atoms with Crippen molar-refractivity contribution in [2.24, 2.45) is 17.1 Å². The number of hydrogen-bond donors (Lipinski definition) is 2. The van der Waals surface area contributed by atoms with E-state index in [0.717, 1.165) is 25.7 Å². The second-order valence-electron chi connectivity index (χ2n) is 5.48. The van der Waals surface area contributed by atoms with Crippen molar-refractivity contribution in [2.75, 3.05) is 0 Å². The molecule has 2 rings (SSSR count). The third-order valence-corrected chi connectivity index (χ3v) is 4.80. The fourth-order valence-electron chi connectivity index (χ4n) is 2.90. The molecule has 2 saturated carbocycles. The van der Waals surface area contributed by atoms with Crippen LogP contribution in [0.2, 0.25) is 0 Å². The van der Waals surface area contributed by atoms with Gasteiger partial charge in [-0.25, -0.2) is 0 Å². The summed E-state index contributed by atoms with van der Waals surface area (Å²) in [4.78, 5) is 12.6. The van der Waals surface area contributed by atoms with Gasteiger partial charge in [-0.3, -0.25) is 4.79 Å². The monoisotopic (exact) mass is 254 g/mol. The summed E-state index contributed by atoms with van der Waals surface area (Å²) in [6.45, 7) is 2.20. The zero-order valence-corrected chi connectivity index (χ0v) is 11.3. The second kappa shape index (κ2) is 4.92. The first kappa shape index (κ1) is 12.8. The van der Waals surface area contributed by atoms with Crippen LogP contribution in [0.3, 0.4) is 0 Å². The summed E-state index contributed by atoms with van der Waals surface area (Å²) in [6.07, 6.45) is 7.67. The van der Waals surface area contributed by atoms with E-state index in [1.165, 1.54) is 19.3 Å². The highest BCUT2D eigenvalue weighted by atomic mass is 32.1. The number of nitrogens with one attached hydrogen (secondary N) is 1. The van der Waals surface area contributed by atoms with Crippen LogP contribution in [0.1, 0.15) is 51.9 Å². The molecule has 0 heterocycles. The Balaban J connectivity index is 1.96. The third kappa shape index (κ3) is 2.46. The van der Waals surface area contributed by atoms with Crippen LogP contribution in [-0.4, -0.2) is 16.9 Å². The van der Waals surface area contributed by atoms with Crippen molar-refractivity contribution < 1.29 is 4.79 Å². The zero-order valence-electron chi connectivity index (χ0n) is 10.5. The molecule has 0 aromatic carbocycles. The Bertz CT molecular complexity index is 325. The number of carbonyl (C=O) groups excluding carboxylic acids is 1. The third-order valence-electron chi connectivity index (χ3n) is 4.41. The minimum absolute atomic E-state index is 0.0790. The van der Waals surface area contributed by atoms with E-state index in [1.807, 2.05) is 0 Å². The van der Waals surface area contributed by atoms with Crippen LogP contribution in [0.4, 0.5) is 0 Å². The number of nitrogens with two attached hydrogens (primary N) is 1. The molecule has 2 fully saturated rings. The minimum atomic E-state index is -0.495. The van der Waals surface area contributed by atoms with Crippen LogP contribution in [0.25, 0.3) is 0 Å². The average molecular weight is 254 g/mol. The van der Waals surface area contributed by atoms with Gasteiger partial charge in [-0.1, -0.05) is 38.4 Å². The molecule has 2 unspecified atom stereocenters. The van der Waals surface area contributed by atoms with Gasteiger partial charge in [-0.05, 0) is 31.6 Å². The van der Waals surface area contributed by atoms with E-state index in [9.17, 15) is 4.79 Å². The number of carbonyl (C=O) groups is 1. The zero-order chi connectivity index (χ0) is 12.5. The first-order chi connectivity index (χ1) is 8.10. The SMILES string of the molecule is CCC1CCCCC1NC(=O)C1(C(N)=S)CC1. The highest BCUT2D eigenvalue weighted by Crippen LogP contribution is 2.46. The predicted molar refractivity (Wildman–Crippen MR) is 72.6 cm³/mol. The number of hydrogen-bond acceptors (Lipinski definition) is 2. The molecule has 0 spiro atoms. The van der Waals surface area contributed by atoms with Gasteiger partial charge in [0.1, 0.15) is 0 Å². The van der Waals surface area contributed by atoms with Gasteiger partial charge < -0.3 is 11.1 Å². The molecule has 0 aliphatic heterocycles. The Hall–Kier alpha value is -0.640. The number of amides is 1. The maximum atomic E-state index is 12.2. The summed E-state index contributed by atoms with van der Waals surface area (Å²) in [5, 5.41) is 3.20. The van der Waals surface area contributed by atoms with Crippen molar-refractivity contribution >= 4 is 23.1 Å². The van der Waals surface area contributed by atoms with Gasteiger partial charge in [0.05, 0.1) is 10.4 Å². The lowest BCUT2D eigenvalue weighted by molar-refractivity contribution is -0.125. The largest absolute Gasteiger partial charge is 0.392 e. The highest BCUT2D eigenvalue weighted by molar-refractivity contribution is 7.80. The van der Waals surface area contributed by atoms with E-state index < -0.39 is 5.41 Å². The fourth-order valence-corrected chi connectivity index (χ4v) is 3.20. The van der Waals surface area contributed by atoms with Gasteiger partial charge in [-0.2, -0.15) is 0 Å². The Kier molecular flexibility index (Phi) is 3.71. The molecule has 0 aromatic rings. The van der Waals surface area contributed by atoms with Crippen LogP contribution >= 0.6 is 12.2 Å². The standard InChI is InChI=1S/C13H22N2OS/c1-2-9-5-3-4-6-10(9)15-12(16)13(7-8-13)11(14)17/h9-10H,2-8H2,1H3,(H2,14,17)(H,15,16). The molecule has 17 heavy (non-hydrogen) atoms. The molecule has 4 heteroatoms. The van der Waals surface area contributed by atoms with E-state index in [4.69, 9.17) is 18.0 Å². The van der Waals surface area contributed by atoms with Gasteiger partial charge in [-0.15, -0.1) is 0 Å². The molecule has 3 nitrogen and oxygen atoms in total. The van der Waals surface area contributed by atoms with Gasteiger partial charge >= 0.3 is 0 Å². The summed E-state index contributed by atoms with van der Waals surface area (Å²) in [5.41, 5.74) is 5.18. The lowest BCUT2D eigenvalue weighted by atomic mass is 9.82. The molecule has 2 aliphatic rings. The first-order valence-corrected chi connectivity index (χ1v) is 7.12. The van der Waals surface area contributed by atoms with E-state index in [2.05, 4.69) is 12.2 Å². The molecule has 96 valence electrons. The molecule has 2 atom stereocenters. The van der Waals surface area contributed by atoms with E-state index in [1.54, 1.807) is 0 Å². The Morgan fingerprint density at radius 1 is 1.41 bits per heavy atom. The van der Waals surface area contributed by atoms with Crippen LogP contribution in [0, 0.1) is 11.3 Å². The Morgan fingerprint density at radius 3 is 2.59 bits per heavy atom. The fraction of sp³-hybridized carbons (Fsp3) is 0.846. The molecule has 0 saturated heterocycles. The topological polar surface area (TPSA) is 55.1 Å². The molecule has 0 radical (unpaired) electrons. The average Bonchev–Trinajstić information content (AvgIpc) is 3.10. The highest BCUT2D eigenvalue weighted by Gasteiger charge is 2.53. The van der Waals surface area contributed by atoms with Crippen LogP contribution in [0.15, 0.2) is 0 Å².